The summed E-state index contributed by atoms with van der Waals surface area (Å²) in [6, 6.07) is 7.74. The maximum Gasteiger partial charge on any atom is 0.238 e. The predicted octanol–water partition coefficient (Wildman–Crippen LogP) is 4.40. The molecule has 114 valence electrons. The number of aliphatic imine (C=N–C) groups is 1. The van der Waals surface area contributed by atoms with Gasteiger partial charge in [-0.25, -0.2) is 4.99 Å². The van der Waals surface area contributed by atoms with Crippen molar-refractivity contribution in [3.8, 4) is 0 Å². The molecule has 1 amide bonds. The minimum atomic E-state index is -0.184. The molecule has 21 heavy (non-hydrogen) atoms. The van der Waals surface area contributed by atoms with Gasteiger partial charge in [0, 0.05) is 22.5 Å². The lowest BCUT2D eigenvalue weighted by Crippen LogP contribution is -2.29. The van der Waals surface area contributed by atoms with Crippen molar-refractivity contribution in [1.82, 2.24) is 5.32 Å². The Labute approximate surface area is 143 Å². The number of benzene rings is 1. The van der Waals surface area contributed by atoms with Crippen LogP contribution in [0.1, 0.15) is 18.9 Å². The first-order chi connectivity index (χ1) is 10.1. The van der Waals surface area contributed by atoms with E-state index in [0.29, 0.717) is 0 Å². The topological polar surface area (TPSA) is 41.5 Å². The standard InChI is InChI=1S/C15H18BrClN2OS/c1-3-13(16)15(20)19-10-18-9-12(21-2)8-11-6-4-5-7-14(11)17/h4-7,9-10,13H,3,8H2,1-2H3,(H,18,19,20)/b12-9-. The summed E-state index contributed by atoms with van der Waals surface area (Å²) in [4.78, 5) is 16.5. The monoisotopic (exact) mass is 388 g/mol. The maximum atomic E-state index is 11.5. The molecule has 0 fully saturated rings. The summed E-state index contributed by atoms with van der Waals surface area (Å²) in [5.41, 5.74) is 1.06. The number of halogens is 2. The van der Waals surface area contributed by atoms with Crippen LogP contribution >= 0.6 is 39.3 Å². The third kappa shape index (κ3) is 6.68. The molecule has 0 saturated heterocycles. The first-order valence-electron chi connectivity index (χ1n) is 6.51. The van der Waals surface area contributed by atoms with E-state index in [4.69, 9.17) is 11.6 Å². The Morgan fingerprint density at radius 2 is 2.24 bits per heavy atom. The number of hydrogen-bond acceptors (Lipinski definition) is 3. The Balaban J connectivity index is 2.60. The van der Waals surface area contributed by atoms with Crippen LogP contribution < -0.4 is 5.32 Å². The van der Waals surface area contributed by atoms with Gasteiger partial charge in [0.2, 0.25) is 5.91 Å². The van der Waals surface area contributed by atoms with E-state index in [9.17, 15) is 4.79 Å². The minimum Gasteiger partial charge on any atom is -0.316 e. The Hall–Kier alpha value is -0.780. The largest absolute Gasteiger partial charge is 0.316 e. The molecule has 1 aromatic carbocycles. The second-order valence-electron chi connectivity index (χ2n) is 4.23. The van der Waals surface area contributed by atoms with Gasteiger partial charge in [-0.15, -0.1) is 11.8 Å². The van der Waals surface area contributed by atoms with Crippen molar-refractivity contribution < 1.29 is 4.79 Å². The van der Waals surface area contributed by atoms with Crippen molar-refractivity contribution in [2.75, 3.05) is 6.26 Å². The Kier molecular flexibility index (Phi) is 8.73. The van der Waals surface area contributed by atoms with E-state index >= 15 is 0 Å². The Morgan fingerprint density at radius 1 is 1.52 bits per heavy atom. The minimum absolute atomic E-state index is 0.0912. The third-order valence-corrected chi connectivity index (χ3v) is 4.93. The molecule has 1 aromatic rings. The number of amides is 1. The second kappa shape index (κ2) is 10.0. The van der Waals surface area contributed by atoms with Gasteiger partial charge in [-0.2, -0.15) is 0 Å². The lowest BCUT2D eigenvalue weighted by molar-refractivity contribution is -0.119. The Morgan fingerprint density at radius 3 is 2.86 bits per heavy atom. The predicted molar refractivity (Wildman–Crippen MR) is 96.4 cm³/mol. The molecular formula is C15H18BrClN2OS. The smallest absolute Gasteiger partial charge is 0.238 e. The zero-order chi connectivity index (χ0) is 15.7. The highest BCUT2D eigenvalue weighted by molar-refractivity contribution is 9.10. The summed E-state index contributed by atoms with van der Waals surface area (Å²) in [6.45, 7) is 1.94. The number of rotatable bonds is 7. The molecule has 0 aliphatic carbocycles. The normalized spacial score (nSPS) is 13.4. The molecule has 0 aromatic heterocycles. The molecule has 3 nitrogen and oxygen atoms in total. The molecular weight excluding hydrogens is 372 g/mol. The van der Waals surface area contributed by atoms with Crippen molar-refractivity contribution in [2.24, 2.45) is 4.99 Å². The van der Waals surface area contributed by atoms with Gasteiger partial charge >= 0.3 is 0 Å². The van der Waals surface area contributed by atoms with Gasteiger partial charge in [0.05, 0.1) is 11.2 Å². The molecule has 0 radical (unpaired) electrons. The van der Waals surface area contributed by atoms with Crippen molar-refractivity contribution in [3.63, 3.8) is 0 Å². The van der Waals surface area contributed by atoms with Crippen LogP contribution in [0.4, 0.5) is 0 Å². The van der Waals surface area contributed by atoms with Crippen molar-refractivity contribution >= 4 is 51.5 Å². The van der Waals surface area contributed by atoms with Crippen LogP contribution in [0.3, 0.4) is 0 Å². The molecule has 0 spiro atoms. The van der Waals surface area contributed by atoms with Gasteiger partial charge in [0.25, 0.3) is 0 Å². The molecule has 1 N–H and O–H groups in total. The molecule has 0 aliphatic rings. The van der Waals surface area contributed by atoms with Gasteiger partial charge in [-0.1, -0.05) is 52.7 Å². The molecule has 0 saturated carbocycles. The SMILES string of the molecule is CCC(Br)C(=O)NC=N/C=C(/Cc1ccccc1Cl)SC. The highest BCUT2D eigenvalue weighted by Gasteiger charge is 2.09. The molecule has 1 atom stereocenters. The summed E-state index contributed by atoms with van der Waals surface area (Å²) < 4.78 is 0. The van der Waals surface area contributed by atoms with E-state index < -0.39 is 0 Å². The summed E-state index contributed by atoms with van der Waals surface area (Å²) in [6.07, 6.45) is 6.60. The van der Waals surface area contributed by atoms with Crippen LogP contribution in [0, 0.1) is 0 Å². The van der Waals surface area contributed by atoms with E-state index in [-0.39, 0.29) is 10.7 Å². The van der Waals surface area contributed by atoms with E-state index in [2.05, 4.69) is 26.2 Å². The second-order valence-corrected chi connectivity index (χ2v) is 6.68. The first kappa shape index (κ1) is 18.3. The van der Waals surface area contributed by atoms with Crippen molar-refractivity contribution in [3.05, 3.63) is 46.0 Å². The van der Waals surface area contributed by atoms with Gasteiger partial charge in [0.15, 0.2) is 0 Å². The summed E-state index contributed by atoms with van der Waals surface area (Å²) >= 11 is 11.0. The fraction of sp³-hybridized carbons (Fsp3) is 0.333. The number of nitrogens with one attached hydrogen (secondary N) is 1. The number of alkyl halides is 1. The van der Waals surface area contributed by atoms with Crippen LogP contribution in [-0.2, 0) is 11.2 Å². The zero-order valence-electron chi connectivity index (χ0n) is 12.0. The number of carbonyl (C=O) groups is 1. The highest BCUT2D eigenvalue weighted by atomic mass is 79.9. The van der Waals surface area contributed by atoms with Crippen LogP contribution in [0.15, 0.2) is 40.4 Å². The number of thioether (sulfide) groups is 1. The zero-order valence-corrected chi connectivity index (χ0v) is 15.1. The lowest BCUT2D eigenvalue weighted by atomic mass is 10.1. The average molecular weight is 390 g/mol. The van der Waals surface area contributed by atoms with Gasteiger partial charge in [0.1, 0.15) is 0 Å². The molecule has 0 bridgehead atoms. The van der Waals surface area contributed by atoms with Crippen molar-refractivity contribution in [1.29, 1.82) is 0 Å². The summed E-state index contributed by atoms with van der Waals surface area (Å²) in [5, 5.41) is 3.38. The van der Waals surface area contributed by atoms with Gasteiger partial charge in [-0.05, 0) is 24.3 Å². The third-order valence-electron chi connectivity index (χ3n) is 2.73. The van der Waals surface area contributed by atoms with Crippen LogP contribution in [-0.4, -0.2) is 23.3 Å². The van der Waals surface area contributed by atoms with Crippen LogP contribution in [0.2, 0.25) is 5.02 Å². The van der Waals surface area contributed by atoms with Gasteiger partial charge < -0.3 is 5.32 Å². The number of allylic oxidation sites excluding steroid dienone is 1. The van der Waals surface area contributed by atoms with Crippen LogP contribution in [0.25, 0.3) is 0 Å². The van der Waals surface area contributed by atoms with Gasteiger partial charge in [-0.3, -0.25) is 4.79 Å². The lowest BCUT2D eigenvalue weighted by Gasteiger charge is -2.05. The number of hydrogen-bond donors (Lipinski definition) is 1. The molecule has 1 unspecified atom stereocenters. The number of nitrogens with zero attached hydrogens (tertiary/aromatic N) is 1. The maximum absolute atomic E-state index is 11.5. The number of carbonyl (C=O) groups excluding carboxylic acids is 1. The molecule has 1 rings (SSSR count). The van der Waals surface area contributed by atoms with Crippen molar-refractivity contribution in [2.45, 2.75) is 24.6 Å². The van der Waals surface area contributed by atoms with Crippen LogP contribution in [0.5, 0.6) is 0 Å². The molecule has 6 heteroatoms. The summed E-state index contributed by atoms with van der Waals surface area (Å²) in [5.74, 6) is -0.0912. The fourth-order valence-electron chi connectivity index (χ4n) is 1.50. The van der Waals surface area contributed by atoms with E-state index in [0.717, 1.165) is 28.3 Å². The first-order valence-corrected chi connectivity index (χ1v) is 9.02. The van der Waals surface area contributed by atoms with E-state index in [1.165, 1.54) is 6.34 Å². The van der Waals surface area contributed by atoms with E-state index in [1.807, 2.05) is 37.4 Å². The average Bonchev–Trinajstić information content (AvgIpc) is 2.50. The van der Waals surface area contributed by atoms with E-state index in [1.54, 1.807) is 18.0 Å². The molecule has 0 aliphatic heterocycles. The molecule has 0 heterocycles. The fourth-order valence-corrected chi connectivity index (χ4v) is 2.30. The Bertz CT molecular complexity index is 534. The highest BCUT2D eigenvalue weighted by Crippen LogP contribution is 2.23. The summed E-state index contributed by atoms with van der Waals surface area (Å²) in [7, 11) is 0. The quantitative estimate of drug-likeness (QED) is 0.426.